The third-order valence-corrected chi connectivity index (χ3v) is 6.05. The first kappa shape index (κ1) is 16.0. The molecule has 0 aliphatic carbocycles. The van der Waals surface area contributed by atoms with Crippen molar-refractivity contribution < 1.29 is 0 Å². The molecule has 0 aliphatic heterocycles. The lowest BCUT2D eigenvalue weighted by atomic mass is 10.2. The Morgan fingerprint density at radius 3 is 1.39 bits per heavy atom. The zero-order valence-electron chi connectivity index (χ0n) is 12.1. The molecule has 0 nitrogen and oxygen atoms in total. The highest BCUT2D eigenvalue weighted by molar-refractivity contribution is 7.99. The van der Waals surface area contributed by atoms with E-state index < -0.39 is 0 Å². The zero-order chi connectivity index (χ0) is 13.4. The predicted octanol–water partition coefficient (Wildman–Crippen LogP) is 5.75. The minimum Gasteiger partial charge on any atom is -0.154 e. The molecule has 18 heavy (non-hydrogen) atoms. The van der Waals surface area contributed by atoms with Crippen molar-refractivity contribution in [2.24, 2.45) is 0 Å². The molecule has 0 aliphatic rings. The summed E-state index contributed by atoms with van der Waals surface area (Å²) in [7, 11) is 0. The molecule has 2 unspecified atom stereocenters. The fourth-order valence-electron chi connectivity index (χ4n) is 1.44. The summed E-state index contributed by atoms with van der Waals surface area (Å²) in [5, 5.41) is 1.54. The molecular formula is C16H26S2. The van der Waals surface area contributed by atoms with Crippen LogP contribution >= 0.6 is 23.5 Å². The molecule has 0 N–H and O–H groups in total. The Kier molecular flexibility index (Phi) is 7.92. The van der Waals surface area contributed by atoms with Gasteiger partial charge in [-0.3, -0.25) is 0 Å². The van der Waals surface area contributed by atoms with Gasteiger partial charge in [0.05, 0.1) is 0 Å². The van der Waals surface area contributed by atoms with Gasteiger partial charge in [-0.1, -0.05) is 52.0 Å². The van der Waals surface area contributed by atoms with E-state index in [-0.39, 0.29) is 0 Å². The highest BCUT2D eigenvalue weighted by Gasteiger charge is 2.02. The Bertz CT molecular complexity index is 285. The van der Waals surface area contributed by atoms with E-state index in [1.54, 1.807) is 0 Å². The van der Waals surface area contributed by atoms with Crippen molar-refractivity contribution in [1.82, 2.24) is 0 Å². The predicted molar refractivity (Wildman–Crippen MR) is 88.5 cm³/mol. The molecule has 0 bridgehead atoms. The van der Waals surface area contributed by atoms with E-state index in [1.165, 1.54) is 24.0 Å². The van der Waals surface area contributed by atoms with Crippen molar-refractivity contribution in [2.75, 3.05) is 0 Å². The third kappa shape index (κ3) is 6.19. The minimum absolute atomic E-state index is 0.769. The molecule has 0 saturated heterocycles. The molecule has 0 aromatic heterocycles. The van der Waals surface area contributed by atoms with Crippen LogP contribution in [0.2, 0.25) is 0 Å². The average molecular weight is 283 g/mol. The summed E-state index contributed by atoms with van der Waals surface area (Å²) < 4.78 is 0. The van der Waals surface area contributed by atoms with Crippen molar-refractivity contribution >= 4 is 23.5 Å². The van der Waals surface area contributed by atoms with Gasteiger partial charge in [0.15, 0.2) is 0 Å². The quantitative estimate of drug-likeness (QED) is 0.595. The monoisotopic (exact) mass is 282 g/mol. The Labute approximate surface area is 121 Å². The lowest BCUT2D eigenvalue weighted by Gasteiger charge is -2.10. The van der Waals surface area contributed by atoms with Crippen molar-refractivity contribution in [3.8, 4) is 0 Å². The van der Waals surface area contributed by atoms with Crippen LogP contribution in [0.5, 0.6) is 0 Å². The Morgan fingerprint density at radius 2 is 1.11 bits per heavy atom. The maximum Gasteiger partial charge on any atom is 0.0187 e. The molecule has 0 spiro atoms. The molecule has 2 heteroatoms. The Balaban J connectivity index is 2.37. The molecule has 1 rings (SSSR count). The van der Waals surface area contributed by atoms with E-state index in [1.807, 2.05) is 0 Å². The Morgan fingerprint density at radius 1 is 0.778 bits per heavy atom. The summed E-state index contributed by atoms with van der Waals surface area (Å²) in [6.07, 6.45) is 2.52. The van der Waals surface area contributed by atoms with Gasteiger partial charge < -0.3 is 0 Å². The smallest absolute Gasteiger partial charge is 0.0187 e. The van der Waals surface area contributed by atoms with Gasteiger partial charge in [0.25, 0.3) is 0 Å². The zero-order valence-corrected chi connectivity index (χ0v) is 13.7. The van der Waals surface area contributed by atoms with Crippen molar-refractivity contribution in [2.45, 2.75) is 62.5 Å². The van der Waals surface area contributed by atoms with Crippen molar-refractivity contribution in [3.63, 3.8) is 0 Å². The number of hydrogen-bond acceptors (Lipinski definition) is 2. The van der Waals surface area contributed by atoms with E-state index in [9.17, 15) is 0 Å². The third-order valence-electron chi connectivity index (χ3n) is 3.24. The van der Waals surface area contributed by atoms with Crippen LogP contribution in [0.4, 0.5) is 0 Å². The van der Waals surface area contributed by atoms with Gasteiger partial charge in [-0.2, -0.15) is 23.5 Å². The largest absolute Gasteiger partial charge is 0.154 e. The number of benzene rings is 1. The van der Waals surface area contributed by atoms with E-state index in [0.29, 0.717) is 0 Å². The summed E-state index contributed by atoms with van der Waals surface area (Å²) in [5.74, 6) is 2.29. The van der Waals surface area contributed by atoms with E-state index in [2.05, 4.69) is 75.5 Å². The summed E-state index contributed by atoms with van der Waals surface area (Å²) in [5.41, 5.74) is 2.91. The molecule has 0 radical (unpaired) electrons. The SMILES string of the molecule is CCC(C)SCc1ccc(CSC(C)CC)cc1. The first-order valence-corrected chi connectivity index (χ1v) is 9.06. The van der Waals surface area contributed by atoms with Crippen molar-refractivity contribution in [1.29, 1.82) is 0 Å². The highest BCUT2D eigenvalue weighted by Crippen LogP contribution is 2.22. The second kappa shape index (κ2) is 8.92. The minimum atomic E-state index is 0.769. The Hall–Kier alpha value is -0.0800. The number of thioether (sulfide) groups is 2. The standard InChI is InChI=1S/C16H26S2/c1-5-13(3)17-11-15-7-9-16(10-8-15)12-18-14(4)6-2/h7-10,13-14H,5-6,11-12H2,1-4H3. The molecule has 1 aromatic carbocycles. The lowest BCUT2D eigenvalue weighted by Crippen LogP contribution is -1.95. The summed E-state index contributed by atoms with van der Waals surface area (Å²) in [4.78, 5) is 0. The van der Waals surface area contributed by atoms with Gasteiger partial charge in [0, 0.05) is 22.0 Å². The normalized spacial score (nSPS) is 14.4. The van der Waals surface area contributed by atoms with Gasteiger partial charge >= 0.3 is 0 Å². The van der Waals surface area contributed by atoms with Gasteiger partial charge in [-0.25, -0.2) is 0 Å². The number of hydrogen-bond donors (Lipinski definition) is 0. The van der Waals surface area contributed by atoms with Gasteiger partial charge in [-0.05, 0) is 24.0 Å². The molecule has 0 heterocycles. The maximum atomic E-state index is 2.31. The molecule has 1 aromatic rings. The fraction of sp³-hybridized carbons (Fsp3) is 0.625. The maximum absolute atomic E-state index is 2.31. The lowest BCUT2D eigenvalue weighted by molar-refractivity contribution is 0.905. The van der Waals surface area contributed by atoms with Gasteiger partial charge in [-0.15, -0.1) is 0 Å². The average Bonchev–Trinajstić information content (AvgIpc) is 2.43. The number of rotatable bonds is 8. The molecule has 0 saturated carbocycles. The van der Waals surface area contributed by atoms with Crippen LogP contribution in [0.25, 0.3) is 0 Å². The topological polar surface area (TPSA) is 0 Å². The van der Waals surface area contributed by atoms with Crippen LogP contribution < -0.4 is 0 Å². The van der Waals surface area contributed by atoms with Crippen molar-refractivity contribution in [3.05, 3.63) is 35.4 Å². The van der Waals surface area contributed by atoms with Gasteiger partial charge in [0.2, 0.25) is 0 Å². The van der Waals surface area contributed by atoms with Crippen LogP contribution in [-0.2, 0) is 11.5 Å². The fourth-order valence-corrected chi connectivity index (χ4v) is 3.25. The summed E-state index contributed by atoms with van der Waals surface area (Å²) in [6.45, 7) is 9.13. The van der Waals surface area contributed by atoms with Crippen LogP contribution in [0.3, 0.4) is 0 Å². The summed E-state index contributed by atoms with van der Waals surface area (Å²) >= 11 is 4.10. The first-order valence-electron chi connectivity index (χ1n) is 6.96. The highest BCUT2D eigenvalue weighted by atomic mass is 32.2. The first-order chi connectivity index (χ1) is 8.65. The molecule has 0 fully saturated rings. The van der Waals surface area contributed by atoms with Crippen LogP contribution in [0.15, 0.2) is 24.3 Å². The summed E-state index contributed by atoms with van der Waals surface area (Å²) in [6, 6.07) is 9.17. The van der Waals surface area contributed by atoms with E-state index >= 15 is 0 Å². The second-order valence-corrected chi connectivity index (χ2v) is 7.73. The molecule has 102 valence electrons. The van der Waals surface area contributed by atoms with Crippen LogP contribution in [0.1, 0.15) is 51.7 Å². The van der Waals surface area contributed by atoms with Crippen LogP contribution in [0, 0.1) is 0 Å². The van der Waals surface area contributed by atoms with E-state index in [4.69, 9.17) is 0 Å². The molecule has 0 amide bonds. The molecular weight excluding hydrogens is 256 g/mol. The van der Waals surface area contributed by atoms with Crippen LogP contribution in [-0.4, -0.2) is 10.5 Å². The van der Waals surface area contributed by atoms with Gasteiger partial charge in [0.1, 0.15) is 0 Å². The molecule has 2 atom stereocenters. The van der Waals surface area contributed by atoms with E-state index in [0.717, 1.165) is 22.0 Å². The second-order valence-electron chi connectivity index (χ2n) is 4.88.